The molecule has 176 valence electrons. The van der Waals surface area contributed by atoms with E-state index in [2.05, 4.69) is 21.1 Å². The van der Waals surface area contributed by atoms with Gasteiger partial charge in [-0.05, 0) is 54.6 Å². The fraction of sp³-hybridized carbons (Fsp3) is 0.0417. The first kappa shape index (κ1) is 23.5. The molecule has 1 aliphatic heterocycles. The minimum atomic E-state index is -1.05. The molecule has 35 heavy (non-hydrogen) atoms. The third-order valence-corrected chi connectivity index (χ3v) is 5.34. The van der Waals surface area contributed by atoms with Gasteiger partial charge in [-0.3, -0.25) is 16.3 Å². The molecular formula is C24H18ClN5O5. The summed E-state index contributed by atoms with van der Waals surface area (Å²) in [6.07, 6.45) is -0.822. The van der Waals surface area contributed by atoms with Crippen molar-refractivity contribution in [3.63, 3.8) is 0 Å². The number of rotatable bonds is 7. The molecule has 0 aromatic heterocycles. The number of carboxylic acids is 2. The lowest BCUT2D eigenvalue weighted by atomic mass is 10.0. The number of carboxylic acid groups (broad SMARTS) is 2. The normalized spacial score (nSPS) is 17.3. The topological polar surface area (TPSA) is 156 Å². The van der Waals surface area contributed by atoms with Gasteiger partial charge in [-0.1, -0.05) is 29.8 Å². The van der Waals surface area contributed by atoms with Gasteiger partial charge in [-0.15, -0.1) is 0 Å². The van der Waals surface area contributed by atoms with Crippen LogP contribution < -0.4 is 10.9 Å². The molecule has 1 atom stereocenters. The third-order valence-electron chi connectivity index (χ3n) is 5.00. The van der Waals surface area contributed by atoms with E-state index in [9.17, 15) is 9.59 Å². The highest BCUT2D eigenvalue weighted by Crippen LogP contribution is 2.32. The number of aromatic carboxylic acids is 2. The van der Waals surface area contributed by atoms with Crippen LogP contribution in [0.1, 0.15) is 32.4 Å². The maximum Gasteiger partial charge on any atom is 0.335 e. The summed E-state index contributed by atoms with van der Waals surface area (Å²) < 4.78 is 5.73. The quantitative estimate of drug-likeness (QED) is 0.299. The van der Waals surface area contributed by atoms with Gasteiger partial charge in [0.05, 0.1) is 22.5 Å². The molecule has 0 bridgehead atoms. The maximum absolute atomic E-state index is 11.1. The van der Waals surface area contributed by atoms with Crippen molar-refractivity contribution >= 4 is 52.2 Å². The number of nitrogens with one attached hydrogen (secondary N) is 3. The number of hydrogen-bond donors (Lipinski definition) is 5. The molecule has 0 spiro atoms. The van der Waals surface area contributed by atoms with E-state index >= 15 is 0 Å². The molecule has 1 heterocycles. The summed E-state index contributed by atoms with van der Waals surface area (Å²) in [6.45, 7) is 0. The highest BCUT2D eigenvalue weighted by Gasteiger charge is 2.38. The summed E-state index contributed by atoms with van der Waals surface area (Å²) in [6, 6.07) is 18.9. The van der Waals surface area contributed by atoms with Crippen LogP contribution in [0.2, 0.25) is 5.02 Å². The Morgan fingerprint density at radius 3 is 1.86 bits per heavy atom. The Bertz CT molecular complexity index is 1350. The van der Waals surface area contributed by atoms with Gasteiger partial charge in [0.1, 0.15) is 5.71 Å². The van der Waals surface area contributed by atoms with Crippen molar-refractivity contribution in [2.75, 3.05) is 10.9 Å². The van der Waals surface area contributed by atoms with Crippen molar-refractivity contribution in [2.45, 2.75) is 6.10 Å². The Balaban J connectivity index is 1.66. The van der Waals surface area contributed by atoms with Crippen molar-refractivity contribution < 1.29 is 24.5 Å². The summed E-state index contributed by atoms with van der Waals surface area (Å²) in [5.41, 5.74) is 7.83. The molecule has 10 nitrogen and oxygen atoms in total. The Labute approximate surface area is 204 Å². The lowest BCUT2D eigenvalue weighted by Gasteiger charge is -2.12. The van der Waals surface area contributed by atoms with Gasteiger partial charge >= 0.3 is 11.9 Å². The smallest absolute Gasteiger partial charge is 0.335 e. The fourth-order valence-electron chi connectivity index (χ4n) is 3.21. The summed E-state index contributed by atoms with van der Waals surface area (Å²) in [5, 5.41) is 35.5. The van der Waals surface area contributed by atoms with Crippen LogP contribution in [0.5, 0.6) is 0 Å². The van der Waals surface area contributed by atoms with Crippen molar-refractivity contribution in [1.29, 1.82) is 5.41 Å². The number of carbonyl (C=O) groups is 2. The van der Waals surface area contributed by atoms with Gasteiger partial charge in [-0.25, -0.2) is 9.59 Å². The molecular weight excluding hydrogens is 474 g/mol. The number of nitrogens with zero attached hydrogens (tertiary/aromatic N) is 2. The van der Waals surface area contributed by atoms with Crippen LogP contribution in [-0.2, 0) is 4.74 Å². The van der Waals surface area contributed by atoms with E-state index in [0.29, 0.717) is 22.0 Å². The van der Waals surface area contributed by atoms with Crippen molar-refractivity contribution in [3.05, 3.63) is 94.5 Å². The van der Waals surface area contributed by atoms with E-state index in [-0.39, 0.29) is 28.4 Å². The second-order valence-corrected chi connectivity index (χ2v) is 7.70. The van der Waals surface area contributed by atoms with Crippen LogP contribution in [0.15, 0.2) is 83.0 Å². The predicted molar refractivity (Wildman–Crippen MR) is 132 cm³/mol. The van der Waals surface area contributed by atoms with Crippen LogP contribution in [-0.4, -0.2) is 39.5 Å². The monoisotopic (exact) mass is 491 g/mol. The first-order valence-electron chi connectivity index (χ1n) is 10.2. The number of anilines is 2. The van der Waals surface area contributed by atoms with Crippen LogP contribution in [0.3, 0.4) is 0 Å². The Hall–Kier alpha value is -4.70. The zero-order chi connectivity index (χ0) is 24.9. The number of benzene rings is 3. The minimum absolute atomic E-state index is 0.104. The molecule has 1 fully saturated rings. The maximum atomic E-state index is 11.1. The van der Waals surface area contributed by atoms with Crippen LogP contribution in [0.4, 0.5) is 11.4 Å². The Morgan fingerprint density at radius 1 is 0.829 bits per heavy atom. The minimum Gasteiger partial charge on any atom is -0.478 e. The Kier molecular flexibility index (Phi) is 6.74. The van der Waals surface area contributed by atoms with E-state index in [1.807, 2.05) is 0 Å². The first-order valence-corrected chi connectivity index (χ1v) is 10.6. The SMILES string of the molecule is N=C1OC(c2ccccc2Cl)C(=NNc2ccc(C(=O)O)cc2)C1=NNc1ccc(C(=O)O)cc1. The van der Waals surface area contributed by atoms with Gasteiger partial charge in [0, 0.05) is 10.6 Å². The lowest BCUT2D eigenvalue weighted by Crippen LogP contribution is -2.20. The zero-order valence-corrected chi connectivity index (χ0v) is 18.7. The molecule has 0 amide bonds. The average molecular weight is 492 g/mol. The molecule has 0 aliphatic carbocycles. The molecule has 0 saturated carbocycles. The molecule has 1 saturated heterocycles. The number of ether oxygens (including phenoxy) is 1. The number of halogens is 1. The molecule has 1 unspecified atom stereocenters. The van der Waals surface area contributed by atoms with Crippen molar-refractivity contribution in [1.82, 2.24) is 0 Å². The highest BCUT2D eigenvalue weighted by atomic mass is 35.5. The molecule has 3 aromatic carbocycles. The number of hydrazone groups is 2. The zero-order valence-electron chi connectivity index (χ0n) is 17.9. The fourth-order valence-corrected chi connectivity index (χ4v) is 3.44. The van der Waals surface area contributed by atoms with Crippen LogP contribution in [0, 0.1) is 5.41 Å². The first-order chi connectivity index (χ1) is 16.8. The van der Waals surface area contributed by atoms with Gasteiger partial charge in [-0.2, -0.15) is 10.2 Å². The molecule has 0 radical (unpaired) electrons. The highest BCUT2D eigenvalue weighted by molar-refractivity contribution is 6.70. The molecule has 5 N–H and O–H groups in total. The molecule has 1 aliphatic rings. The third kappa shape index (κ3) is 5.28. The molecule has 4 rings (SSSR count). The van der Waals surface area contributed by atoms with E-state index in [1.54, 1.807) is 36.4 Å². The summed E-state index contributed by atoms with van der Waals surface area (Å²) in [5.74, 6) is -2.34. The van der Waals surface area contributed by atoms with Gasteiger partial charge < -0.3 is 14.9 Å². The Morgan fingerprint density at radius 2 is 1.34 bits per heavy atom. The van der Waals surface area contributed by atoms with Crippen molar-refractivity contribution in [3.8, 4) is 0 Å². The molecule has 11 heteroatoms. The molecule has 3 aromatic rings. The summed E-state index contributed by atoms with van der Waals surface area (Å²) in [4.78, 5) is 22.1. The van der Waals surface area contributed by atoms with E-state index in [1.165, 1.54) is 36.4 Å². The lowest BCUT2D eigenvalue weighted by molar-refractivity contribution is 0.0686. The van der Waals surface area contributed by atoms with Crippen molar-refractivity contribution in [2.24, 2.45) is 10.2 Å². The van der Waals surface area contributed by atoms with E-state index < -0.39 is 18.0 Å². The van der Waals surface area contributed by atoms with Gasteiger partial charge in [0.15, 0.2) is 11.8 Å². The predicted octanol–water partition coefficient (Wildman–Crippen LogP) is 4.72. The van der Waals surface area contributed by atoms with E-state index in [4.69, 9.17) is 32.0 Å². The van der Waals surface area contributed by atoms with Crippen LogP contribution >= 0.6 is 11.6 Å². The second kappa shape index (κ2) is 10.1. The van der Waals surface area contributed by atoms with Gasteiger partial charge in [0.2, 0.25) is 5.90 Å². The second-order valence-electron chi connectivity index (χ2n) is 7.29. The largest absolute Gasteiger partial charge is 0.478 e. The van der Waals surface area contributed by atoms with E-state index in [0.717, 1.165) is 0 Å². The average Bonchev–Trinajstić information content (AvgIpc) is 3.16. The summed E-state index contributed by atoms with van der Waals surface area (Å²) >= 11 is 6.36. The summed E-state index contributed by atoms with van der Waals surface area (Å²) in [7, 11) is 0. The van der Waals surface area contributed by atoms with Crippen LogP contribution in [0.25, 0.3) is 0 Å². The number of hydrogen-bond acceptors (Lipinski definition) is 8. The van der Waals surface area contributed by atoms with Gasteiger partial charge in [0.25, 0.3) is 0 Å². The standard InChI is InChI=1S/C24H18ClN5O5/c25-18-4-2-1-3-17(18)21-19(29-27-15-9-5-13(6-10-15)23(31)32)20(22(26)35-21)30-28-16-11-7-14(8-12-16)24(33)34/h1-12,21,26-28H,(H,31,32)(H,33,34).